The summed E-state index contributed by atoms with van der Waals surface area (Å²) in [6.45, 7) is -0.381. The summed E-state index contributed by atoms with van der Waals surface area (Å²) in [5.74, 6) is -1.02. The number of anilines is 1. The largest absolute Gasteiger partial charge is 0.452 e. The molecule has 1 amide bonds. The van der Waals surface area contributed by atoms with Gasteiger partial charge in [0, 0.05) is 27.2 Å². The van der Waals surface area contributed by atoms with E-state index in [4.69, 9.17) is 16.3 Å². The summed E-state index contributed by atoms with van der Waals surface area (Å²) in [6.07, 6.45) is 2.94. The Morgan fingerprint density at radius 1 is 1.04 bits per heavy atom. The number of halogens is 1. The van der Waals surface area contributed by atoms with Gasteiger partial charge in [0.05, 0.1) is 11.3 Å². The van der Waals surface area contributed by atoms with E-state index in [1.807, 2.05) is 42.5 Å². The van der Waals surface area contributed by atoms with E-state index in [1.165, 1.54) is 18.0 Å². The number of hydrogen-bond acceptors (Lipinski definition) is 5. The summed E-state index contributed by atoms with van der Waals surface area (Å²) in [4.78, 5) is 29.7. The van der Waals surface area contributed by atoms with Crippen molar-refractivity contribution in [1.29, 1.82) is 0 Å². The lowest BCUT2D eigenvalue weighted by molar-refractivity contribution is -0.119. The summed E-state index contributed by atoms with van der Waals surface area (Å²) in [6, 6.07) is 18.0. The highest BCUT2D eigenvalue weighted by Gasteiger charge is 2.12. The fourth-order valence-corrected chi connectivity index (χ4v) is 3.20. The number of pyridine rings is 1. The Kier molecular flexibility index (Phi) is 6.46. The second-order valence-electron chi connectivity index (χ2n) is 5.42. The summed E-state index contributed by atoms with van der Waals surface area (Å²) in [7, 11) is 0. The van der Waals surface area contributed by atoms with Crippen LogP contribution >= 0.6 is 23.4 Å². The second kappa shape index (κ2) is 9.21. The Labute approximate surface area is 165 Å². The van der Waals surface area contributed by atoms with Crippen LogP contribution in [0.4, 0.5) is 5.69 Å². The highest BCUT2D eigenvalue weighted by Crippen LogP contribution is 2.33. The maximum absolute atomic E-state index is 12.2. The molecular weight excluding hydrogens is 384 g/mol. The Balaban J connectivity index is 1.61. The Hall–Kier alpha value is -2.83. The van der Waals surface area contributed by atoms with Crippen molar-refractivity contribution in [2.24, 2.45) is 0 Å². The molecule has 3 aromatic rings. The van der Waals surface area contributed by atoms with Crippen molar-refractivity contribution >= 4 is 40.9 Å². The smallest absolute Gasteiger partial charge is 0.340 e. The fraction of sp³-hybridized carbons (Fsp3) is 0.0500. The van der Waals surface area contributed by atoms with Crippen LogP contribution in [0.25, 0.3) is 0 Å². The van der Waals surface area contributed by atoms with Crippen LogP contribution in [0.1, 0.15) is 10.4 Å². The number of ether oxygens (including phenoxy) is 1. The number of aromatic nitrogens is 1. The molecule has 0 saturated heterocycles. The number of amides is 1. The third kappa shape index (κ3) is 5.57. The van der Waals surface area contributed by atoms with E-state index < -0.39 is 11.9 Å². The van der Waals surface area contributed by atoms with E-state index in [2.05, 4.69) is 10.3 Å². The molecule has 0 spiro atoms. The monoisotopic (exact) mass is 398 g/mol. The van der Waals surface area contributed by atoms with Crippen LogP contribution in [-0.2, 0) is 9.53 Å². The maximum Gasteiger partial charge on any atom is 0.340 e. The average molecular weight is 399 g/mol. The van der Waals surface area contributed by atoms with Gasteiger partial charge in [0.25, 0.3) is 5.91 Å². The van der Waals surface area contributed by atoms with Crippen LogP contribution in [0.3, 0.4) is 0 Å². The molecular formula is C20H15ClN2O3S. The molecule has 5 nitrogen and oxygen atoms in total. The number of para-hydroxylation sites is 1. The molecule has 0 atom stereocenters. The van der Waals surface area contributed by atoms with E-state index in [-0.39, 0.29) is 6.61 Å². The molecule has 1 N–H and O–H groups in total. The summed E-state index contributed by atoms with van der Waals surface area (Å²) in [5.41, 5.74) is 0.934. The summed E-state index contributed by atoms with van der Waals surface area (Å²) >= 11 is 7.40. The number of nitrogens with zero attached hydrogens (tertiary/aromatic N) is 1. The SMILES string of the molecule is O=C(COC(=O)c1cccnc1)Nc1ccccc1Sc1ccc(Cl)cc1. The zero-order chi connectivity index (χ0) is 19.1. The number of benzene rings is 2. The first-order chi connectivity index (χ1) is 13.1. The highest BCUT2D eigenvalue weighted by atomic mass is 35.5. The lowest BCUT2D eigenvalue weighted by Crippen LogP contribution is -2.21. The molecule has 0 aliphatic rings. The van der Waals surface area contributed by atoms with Gasteiger partial charge in [0.15, 0.2) is 6.61 Å². The average Bonchev–Trinajstić information content (AvgIpc) is 2.70. The zero-order valence-corrected chi connectivity index (χ0v) is 15.7. The Bertz CT molecular complexity index is 933. The second-order valence-corrected chi connectivity index (χ2v) is 6.97. The molecule has 1 heterocycles. The van der Waals surface area contributed by atoms with Gasteiger partial charge >= 0.3 is 5.97 Å². The normalized spacial score (nSPS) is 10.3. The summed E-state index contributed by atoms with van der Waals surface area (Å²) < 4.78 is 5.02. The number of carbonyl (C=O) groups excluding carboxylic acids is 2. The molecule has 0 unspecified atom stereocenters. The van der Waals surface area contributed by atoms with Gasteiger partial charge in [0.2, 0.25) is 0 Å². The molecule has 7 heteroatoms. The van der Waals surface area contributed by atoms with Gasteiger partial charge in [-0.2, -0.15) is 0 Å². The third-order valence-corrected chi connectivity index (χ3v) is 4.77. The number of nitrogens with one attached hydrogen (secondary N) is 1. The van der Waals surface area contributed by atoms with Crippen molar-refractivity contribution in [3.63, 3.8) is 0 Å². The van der Waals surface area contributed by atoms with Crippen LogP contribution in [0.15, 0.2) is 82.8 Å². The minimum absolute atomic E-state index is 0.295. The van der Waals surface area contributed by atoms with Crippen LogP contribution in [0, 0.1) is 0 Å². The van der Waals surface area contributed by atoms with Gasteiger partial charge in [-0.1, -0.05) is 35.5 Å². The van der Waals surface area contributed by atoms with E-state index in [0.29, 0.717) is 16.3 Å². The molecule has 3 rings (SSSR count). The van der Waals surface area contributed by atoms with Crippen molar-refractivity contribution in [2.75, 3.05) is 11.9 Å². The fourth-order valence-electron chi connectivity index (χ4n) is 2.17. The first-order valence-electron chi connectivity index (χ1n) is 8.01. The predicted molar refractivity (Wildman–Crippen MR) is 105 cm³/mol. The van der Waals surface area contributed by atoms with Crippen molar-refractivity contribution in [3.05, 3.63) is 83.6 Å². The zero-order valence-electron chi connectivity index (χ0n) is 14.1. The maximum atomic E-state index is 12.2. The molecule has 1 aromatic heterocycles. The van der Waals surface area contributed by atoms with Crippen LogP contribution in [-0.4, -0.2) is 23.5 Å². The Morgan fingerprint density at radius 2 is 1.81 bits per heavy atom. The standard InChI is InChI=1S/C20H15ClN2O3S/c21-15-7-9-16(10-8-15)27-18-6-2-1-5-17(18)23-19(24)13-26-20(25)14-4-3-11-22-12-14/h1-12H,13H2,(H,23,24). The minimum Gasteiger partial charge on any atom is -0.452 e. The summed E-state index contributed by atoms with van der Waals surface area (Å²) in [5, 5.41) is 3.43. The van der Waals surface area contributed by atoms with Gasteiger partial charge in [-0.25, -0.2) is 4.79 Å². The van der Waals surface area contributed by atoms with Gasteiger partial charge < -0.3 is 10.1 Å². The highest BCUT2D eigenvalue weighted by molar-refractivity contribution is 7.99. The lowest BCUT2D eigenvalue weighted by Gasteiger charge is -2.11. The van der Waals surface area contributed by atoms with Gasteiger partial charge in [-0.15, -0.1) is 0 Å². The lowest BCUT2D eigenvalue weighted by atomic mass is 10.3. The van der Waals surface area contributed by atoms with Crippen molar-refractivity contribution in [1.82, 2.24) is 4.98 Å². The molecule has 2 aromatic carbocycles. The van der Waals surface area contributed by atoms with E-state index in [0.717, 1.165) is 9.79 Å². The molecule has 0 aliphatic carbocycles. The van der Waals surface area contributed by atoms with Crippen LogP contribution < -0.4 is 5.32 Å². The van der Waals surface area contributed by atoms with E-state index in [9.17, 15) is 9.59 Å². The number of hydrogen-bond donors (Lipinski definition) is 1. The van der Waals surface area contributed by atoms with Crippen LogP contribution in [0.5, 0.6) is 0 Å². The minimum atomic E-state index is -0.595. The van der Waals surface area contributed by atoms with Crippen LogP contribution in [0.2, 0.25) is 5.02 Å². The number of esters is 1. The quantitative estimate of drug-likeness (QED) is 0.610. The van der Waals surface area contributed by atoms with Crippen molar-refractivity contribution in [3.8, 4) is 0 Å². The first kappa shape index (κ1) is 18.9. The number of rotatable bonds is 6. The van der Waals surface area contributed by atoms with Gasteiger partial charge in [-0.3, -0.25) is 9.78 Å². The molecule has 0 aliphatic heterocycles. The van der Waals surface area contributed by atoms with E-state index in [1.54, 1.807) is 24.4 Å². The molecule has 27 heavy (non-hydrogen) atoms. The molecule has 0 bridgehead atoms. The predicted octanol–water partition coefficient (Wildman–Crippen LogP) is 4.68. The molecule has 0 saturated carbocycles. The Morgan fingerprint density at radius 3 is 2.56 bits per heavy atom. The van der Waals surface area contributed by atoms with Crippen molar-refractivity contribution < 1.29 is 14.3 Å². The molecule has 0 radical (unpaired) electrons. The van der Waals surface area contributed by atoms with E-state index >= 15 is 0 Å². The van der Waals surface area contributed by atoms with Gasteiger partial charge in [-0.05, 0) is 48.5 Å². The molecule has 136 valence electrons. The number of carbonyl (C=O) groups is 2. The van der Waals surface area contributed by atoms with Gasteiger partial charge in [0.1, 0.15) is 0 Å². The molecule has 0 fully saturated rings. The third-order valence-electron chi connectivity index (χ3n) is 3.43. The first-order valence-corrected chi connectivity index (χ1v) is 9.21. The topological polar surface area (TPSA) is 68.3 Å². The van der Waals surface area contributed by atoms with Crippen molar-refractivity contribution in [2.45, 2.75) is 9.79 Å².